The molecule has 0 spiro atoms. The van der Waals surface area contributed by atoms with Gasteiger partial charge in [0.1, 0.15) is 11.5 Å². The first-order valence-corrected chi connectivity index (χ1v) is 13.3. The fourth-order valence-electron chi connectivity index (χ4n) is 4.30. The quantitative estimate of drug-likeness (QED) is 0.525. The molecule has 1 fully saturated rings. The number of carbonyl (C=O) groups excluding carboxylic acids is 2. The van der Waals surface area contributed by atoms with Crippen molar-refractivity contribution in [1.82, 2.24) is 0 Å². The normalized spacial score (nSPS) is 22.8. The molecule has 2 unspecified atom stereocenters. The van der Waals surface area contributed by atoms with Crippen LogP contribution in [-0.4, -0.2) is 44.5 Å². The van der Waals surface area contributed by atoms with Gasteiger partial charge in [0.05, 0.1) is 31.7 Å². The molecule has 1 aliphatic heterocycles. The van der Waals surface area contributed by atoms with Gasteiger partial charge < -0.3 is 5.11 Å². The molecule has 2 aromatic rings. The Labute approximate surface area is 184 Å². The summed E-state index contributed by atoms with van der Waals surface area (Å²) in [5.74, 6) is -2.84. The standard InChI is InChI=1S/C21H19ClO7S2/c22-20-14-10-11-30(26,27)17(14)9-8-15(20)21(25)19-16(24)2-1-3-18(19)31(28,29)13-6-4-12(23)5-7-13/h4-9,18-19,23H,1-3,10-11H2. The molecule has 2 aliphatic rings. The summed E-state index contributed by atoms with van der Waals surface area (Å²) in [5.41, 5.74) is 0.289. The van der Waals surface area contributed by atoms with E-state index < -0.39 is 42.4 Å². The Balaban J connectivity index is 1.77. The molecule has 1 aliphatic carbocycles. The number of aromatic hydroxyl groups is 1. The van der Waals surface area contributed by atoms with Gasteiger partial charge in [0.2, 0.25) is 0 Å². The zero-order valence-corrected chi connectivity index (χ0v) is 18.6. The van der Waals surface area contributed by atoms with Gasteiger partial charge in [-0.1, -0.05) is 11.6 Å². The molecule has 7 nitrogen and oxygen atoms in total. The summed E-state index contributed by atoms with van der Waals surface area (Å²) in [7, 11) is -7.51. The molecule has 0 amide bonds. The van der Waals surface area contributed by atoms with Gasteiger partial charge in [0.25, 0.3) is 0 Å². The predicted octanol–water partition coefficient (Wildman–Crippen LogP) is 2.77. The second-order valence-corrected chi connectivity index (χ2v) is 12.4. The van der Waals surface area contributed by atoms with E-state index in [0.29, 0.717) is 12.0 Å². The predicted molar refractivity (Wildman–Crippen MR) is 113 cm³/mol. The van der Waals surface area contributed by atoms with Gasteiger partial charge in [-0.2, -0.15) is 0 Å². The van der Waals surface area contributed by atoms with E-state index in [0.717, 1.165) is 0 Å². The highest BCUT2D eigenvalue weighted by atomic mass is 35.5. The van der Waals surface area contributed by atoms with E-state index in [9.17, 15) is 31.5 Å². The molecule has 2 aromatic carbocycles. The van der Waals surface area contributed by atoms with Crippen LogP contribution in [0.2, 0.25) is 5.02 Å². The van der Waals surface area contributed by atoms with Crippen molar-refractivity contribution in [2.45, 2.75) is 40.7 Å². The third-order valence-corrected chi connectivity index (χ3v) is 10.4. The van der Waals surface area contributed by atoms with Crippen LogP contribution in [0.15, 0.2) is 46.2 Å². The Morgan fingerprint density at radius 3 is 2.42 bits per heavy atom. The minimum Gasteiger partial charge on any atom is -0.508 e. The highest BCUT2D eigenvalue weighted by Crippen LogP contribution is 2.38. The Kier molecular flexibility index (Phi) is 5.47. The monoisotopic (exact) mass is 482 g/mol. The molecular formula is C21H19ClO7S2. The summed E-state index contributed by atoms with van der Waals surface area (Å²) in [4.78, 5) is 26.1. The first-order valence-electron chi connectivity index (χ1n) is 9.68. The van der Waals surface area contributed by atoms with E-state index in [1.165, 1.54) is 36.4 Å². The van der Waals surface area contributed by atoms with Gasteiger partial charge in [-0.25, -0.2) is 16.8 Å². The number of carbonyl (C=O) groups is 2. The van der Waals surface area contributed by atoms with Crippen LogP contribution in [0.4, 0.5) is 0 Å². The Bertz CT molecular complexity index is 1300. The number of ketones is 2. The number of Topliss-reactive ketones (excluding diaryl/α,β-unsaturated/α-hetero) is 2. The zero-order chi connectivity index (χ0) is 22.6. The van der Waals surface area contributed by atoms with Gasteiger partial charge in [-0.05, 0) is 61.2 Å². The second kappa shape index (κ2) is 7.72. The zero-order valence-electron chi connectivity index (χ0n) is 16.2. The van der Waals surface area contributed by atoms with Crippen molar-refractivity contribution in [2.24, 2.45) is 5.92 Å². The average Bonchev–Trinajstić information content (AvgIpc) is 3.03. The Morgan fingerprint density at radius 1 is 1.06 bits per heavy atom. The molecule has 1 N–H and O–H groups in total. The summed E-state index contributed by atoms with van der Waals surface area (Å²) in [6.07, 6.45) is 0.698. The number of halogens is 1. The number of sulfone groups is 2. The van der Waals surface area contributed by atoms with Crippen molar-refractivity contribution >= 4 is 42.8 Å². The lowest BCUT2D eigenvalue weighted by Crippen LogP contribution is -2.43. The summed E-state index contributed by atoms with van der Waals surface area (Å²) >= 11 is 6.37. The maximum absolute atomic E-state index is 13.4. The van der Waals surface area contributed by atoms with Crippen molar-refractivity contribution in [2.75, 3.05) is 5.75 Å². The van der Waals surface area contributed by atoms with Crippen LogP contribution in [0.25, 0.3) is 0 Å². The van der Waals surface area contributed by atoms with Crippen molar-refractivity contribution in [1.29, 1.82) is 0 Å². The minimum atomic E-state index is -4.05. The van der Waals surface area contributed by atoms with Gasteiger partial charge in [-0.15, -0.1) is 0 Å². The first kappa shape index (κ1) is 22.0. The van der Waals surface area contributed by atoms with Crippen LogP contribution >= 0.6 is 11.6 Å². The van der Waals surface area contributed by atoms with Crippen molar-refractivity contribution in [3.8, 4) is 5.75 Å². The number of phenolic OH excluding ortho intramolecular Hbond substituents is 1. The fourth-order valence-corrected chi connectivity index (χ4v) is 8.23. The molecule has 1 saturated carbocycles. The lowest BCUT2D eigenvalue weighted by atomic mass is 9.82. The van der Waals surface area contributed by atoms with Crippen LogP contribution in [0, 0.1) is 5.92 Å². The van der Waals surface area contributed by atoms with E-state index >= 15 is 0 Å². The van der Waals surface area contributed by atoms with Gasteiger partial charge in [0, 0.05) is 12.0 Å². The number of hydrogen-bond acceptors (Lipinski definition) is 7. The number of benzene rings is 2. The lowest BCUT2D eigenvalue weighted by Gasteiger charge is -2.29. The summed E-state index contributed by atoms with van der Waals surface area (Å²) in [6.45, 7) is 0. The average molecular weight is 483 g/mol. The molecule has 0 aromatic heterocycles. The number of rotatable bonds is 4. The van der Waals surface area contributed by atoms with E-state index in [1.807, 2.05) is 0 Å². The smallest absolute Gasteiger partial charge is 0.182 e. The highest BCUT2D eigenvalue weighted by Gasteiger charge is 2.46. The summed E-state index contributed by atoms with van der Waals surface area (Å²) in [5, 5.41) is 8.14. The number of hydrogen-bond donors (Lipinski definition) is 1. The van der Waals surface area contributed by atoms with Gasteiger partial charge in [-0.3, -0.25) is 9.59 Å². The third kappa shape index (κ3) is 3.68. The van der Waals surface area contributed by atoms with Crippen molar-refractivity contribution < 1.29 is 31.5 Å². The summed E-state index contributed by atoms with van der Waals surface area (Å²) < 4.78 is 50.7. The fraction of sp³-hybridized carbons (Fsp3) is 0.333. The van der Waals surface area contributed by atoms with Crippen LogP contribution in [0.1, 0.15) is 35.2 Å². The van der Waals surface area contributed by atoms with Gasteiger partial charge >= 0.3 is 0 Å². The third-order valence-electron chi connectivity index (χ3n) is 5.90. The molecule has 0 saturated heterocycles. The largest absolute Gasteiger partial charge is 0.508 e. The number of phenols is 1. The molecule has 2 atom stereocenters. The van der Waals surface area contributed by atoms with E-state index in [4.69, 9.17) is 11.6 Å². The maximum atomic E-state index is 13.4. The van der Waals surface area contributed by atoms with Crippen molar-refractivity contribution in [3.63, 3.8) is 0 Å². The molecule has 31 heavy (non-hydrogen) atoms. The van der Waals surface area contributed by atoms with E-state index in [2.05, 4.69) is 0 Å². The maximum Gasteiger partial charge on any atom is 0.182 e. The van der Waals surface area contributed by atoms with E-state index in [1.54, 1.807) is 0 Å². The van der Waals surface area contributed by atoms with Crippen LogP contribution in [-0.2, 0) is 30.9 Å². The molecule has 0 bridgehead atoms. The SMILES string of the molecule is O=C1CCCC(S(=O)(=O)c2ccc(O)cc2)C1C(=O)c1ccc2c(c1Cl)CCS2(=O)=O. The number of fused-ring (bicyclic) bond motifs is 1. The molecule has 0 radical (unpaired) electrons. The lowest BCUT2D eigenvalue weighted by molar-refractivity contribution is -0.122. The molecule has 1 heterocycles. The first-order chi connectivity index (χ1) is 14.5. The topological polar surface area (TPSA) is 123 Å². The van der Waals surface area contributed by atoms with Crippen molar-refractivity contribution in [3.05, 3.63) is 52.5 Å². The molecule has 4 rings (SSSR count). The summed E-state index contributed by atoms with van der Waals surface area (Å²) in [6, 6.07) is 7.49. The van der Waals surface area contributed by atoms with E-state index in [-0.39, 0.29) is 51.1 Å². The molecule has 164 valence electrons. The van der Waals surface area contributed by atoms with Crippen LogP contribution in [0.3, 0.4) is 0 Å². The minimum absolute atomic E-state index is 0.0383. The van der Waals surface area contributed by atoms with Crippen LogP contribution in [0.5, 0.6) is 5.75 Å². The Morgan fingerprint density at radius 2 is 1.74 bits per heavy atom. The molecular weight excluding hydrogens is 464 g/mol. The second-order valence-electron chi connectivity index (χ2n) is 7.75. The van der Waals surface area contributed by atoms with Gasteiger partial charge in [0.15, 0.2) is 25.5 Å². The van der Waals surface area contributed by atoms with Crippen LogP contribution < -0.4 is 0 Å². The Hall–Kier alpha value is -2.23. The molecule has 10 heteroatoms. The highest BCUT2D eigenvalue weighted by molar-refractivity contribution is 7.92.